The zero-order valence-corrected chi connectivity index (χ0v) is 10.8. The molecule has 1 aliphatic heterocycles. The highest BCUT2D eigenvalue weighted by molar-refractivity contribution is 4.87. The zero-order chi connectivity index (χ0) is 11.6. The Morgan fingerprint density at radius 2 is 1.93 bits per heavy atom. The summed E-state index contributed by atoms with van der Waals surface area (Å²) in [4.78, 5) is 4.74. The van der Waals surface area contributed by atoms with Crippen molar-refractivity contribution in [1.29, 1.82) is 0 Å². The van der Waals surface area contributed by atoms with Gasteiger partial charge in [0.2, 0.25) is 0 Å². The molecular formula is C12H25FN2. The van der Waals surface area contributed by atoms with Gasteiger partial charge in [0.1, 0.15) is 6.17 Å². The maximum Gasteiger partial charge on any atom is 0.110 e. The lowest BCUT2D eigenvalue weighted by Gasteiger charge is -2.47. The molecule has 3 heteroatoms. The van der Waals surface area contributed by atoms with Crippen molar-refractivity contribution in [2.75, 3.05) is 26.2 Å². The van der Waals surface area contributed by atoms with Crippen LogP contribution in [0.5, 0.6) is 0 Å². The second-order valence-electron chi connectivity index (χ2n) is 5.75. The predicted molar refractivity (Wildman–Crippen MR) is 62.9 cm³/mol. The van der Waals surface area contributed by atoms with E-state index in [1.165, 1.54) is 0 Å². The van der Waals surface area contributed by atoms with Crippen LogP contribution in [0.25, 0.3) is 0 Å². The molecular weight excluding hydrogens is 191 g/mol. The molecule has 0 radical (unpaired) electrons. The van der Waals surface area contributed by atoms with E-state index in [2.05, 4.69) is 37.5 Å². The van der Waals surface area contributed by atoms with E-state index in [-0.39, 0.29) is 5.54 Å². The molecule has 15 heavy (non-hydrogen) atoms. The van der Waals surface area contributed by atoms with Gasteiger partial charge in [0.15, 0.2) is 0 Å². The van der Waals surface area contributed by atoms with E-state index >= 15 is 0 Å². The van der Waals surface area contributed by atoms with Gasteiger partial charge in [0.25, 0.3) is 0 Å². The lowest BCUT2D eigenvalue weighted by molar-refractivity contribution is 0.0115. The third-order valence-corrected chi connectivity index (χ3v) is 3.08. The summed E-state index contributed by atoms with van der Waals surface area (Å²) in [5.41, 5.74) is 0.229. The SMILES string of the molecule is CC(F)CN1CCN(C(C)(C)C)[C@H](C)C1. The van der Waals surface area contributed by atoms with E-state index in [9.17, 15) is 4.39 Å². The first-order chi connectivity index (χ1) is 6.80. The molecule has 1 rings (SSSR count). The fraction of sp³-hybridized carbons (Fsp3) is 1.00. The number of halogens is 1. The molecule has 0 spiro atoms. The van der Waals surface area contributed by atoms with Crippen molar-refractivity contribution in [1.82, 2.24) is 9.80 Å². The van der Waals surface area contributed by atoms with E-state index in [1.54, 1.807) is 6.92 Å². The molecule has 1 heterocycles. The van der Waals surface area contributed by atoms with Crippen LogP contribution in [-0.2, 0) is 0 Å². The normalized spacial score (nSPS) is 28.0. The van der Waals surface area contributed by atoms with Crippen LogP contribution in [0.2, 0.25) is 0 Å². The van der Waals surface area contributed by atoms with E-state index in [0.717, 1.165) is 19.6 Å². The molecule has 2 atom stereocenters. The summed E-state index contributed by atoms with van der Waals surface area (Å²) in [6.45, 7) is 14.2. The van der Waals surface area contributed by atoms with Crippen LogP contribution >= 0.6 is 0 Å². The van der Waals surface area contributed by atoms with Gasteiger partial charge in [-0.15, -0.1) is 0 Å². The Kier molecular flexibility index (Phi) is 4.13. The summed E-state index contributed by atoms with van der Waals surface area (Å²) >= 11 is 0. The van der Waals surface area contributed by atoms with Gasteiger partial charge in [-0.25, -0.2) is 4.39 Å². The van der Waals surface area contributed by atoms with Crippen molar-refractivity contribution in [2.24, 2.45) is 0 Å². The number of rotatable bonds is 2. The van der Waals surface area contributed by atoms with E-state index in [1.807, 2.05) is 0 Å². The average Bonchev–Trinajstić information content (AvgIpc) is 1.99. The maximum atomic E-state index is 12.9. The van der Waals surface area contributed by atoms with Crippen molar-refractivity contribution >= 4 is 0 Å². The van der Waals surface area contributed by atoms with Crippen molar-refractivity contribution in [2.45, 2.75) is 52.4 Å². The molecule has 2 nitrogen and oxygen atoms in total. The average molecular weight is 216 g/mol. The maximum absolute atomic E-state index is 12.9. The zero-order valence-electron chi connectivity index (χ0n) is 10.8. The molecule has 90 valence electrons. The first-order valence-electron chi connectivity index (χ1n) is 5.94. The minimum atomic E-state index is -0.710. The van der Waals surface area contributed by atoms with Gasteiger partial charge in [-0.3, -0.25) is 9.80 Å². The van der Waals surface area contributed by atoms with Gasteiger partial charge < -0.3 is 0 Å². The smallest absolute Gasteiger partial charge is 0.110 e. The minimum Gasteiger partial charge on any atom is -0.298 e. The molecule has 0 amide bonds. The highest BCUT2D eigenvalue weighted by atomic mass is 19.1. The molecule has 0 N–H and O–H groups in total. The first kappa shape index (κ1) is 12.9. The molecule has 0 bridgehead atoms. The highest BCUT2D eigenvalue weighted by Crippen LogP contribution is 2.20. The van der Waals surface area contributed by atoms with Crippen molar-refractivity contribution in [3.8, 4) is 0 Å². The quantitative estimate of drug-likeness (QED) is 0.698. The predicted octanol–water partition coefficient (Wildman–Crippen LogP) is 2.15. The van der Waals surface area contributed by atoms with Gasteiger partial charge >= 0.3 is 0 Å². The molecule has 0 aliphatic carbocycles. The number of hydrogen-bond acceptors (Lipinski definition) is 2. The van der Waals surface area contributed by atoms with E-state index in [4.69, 9.17) is 0 Å². The Hall–Kier alpha value is -0.150. The first-order valence-corrected chi connectivity index (χ1v) is 5.94. The molecule has 0 aromatic rings. The molecule has 1 aliphatic rings. The largest absolute Gasteiger partial charge is 0.298 e. The number of hydrogen-bond donors (Lipinski definition) is 0. The summed E-state index contributed by atoms with van der Waals surface area (Å²) < 4.78 is 12.9. The Labute approximate surface area is 93.4 Å². The Morgan fingerprint density at radius 3 is 2.33 bits per heavy atom. The van der Waals surface area contributed by atoms with Crippen LogP contribution in [0, 0.1) is 0 Å². The lowest BCUT2D eigenvalue weighted by atomic mass is 10.0. The Bertz CT molecular complexity index is 198. The number of nitrogens with zero attached hydrogens (tertiary/aromatic N) is 2. The summed E-state index contributed by atoms with van der Waals surface area (Å²) in [6, 6.07) is 0.525. The summed E-state index contributed by atoms with van der Waals surface area (Å²) in [6.07, 6.45) is -0.710. The van der Waals surface area contributed by atoms with Gasteiger partial charge in [-0.2, -0.15) is 0 Å². The summed E-state index contributed by atoms with van der Waals surface area (Å²) in [7, 11) is 0. The molecule has 0 saturated carbocycles. The standard InChI is InChI=1S/C12H25FN2/c1-10(13)8-14-6-7-15(11(2)9-14)12(3,4)5/h10-11H,6-9H2,1-5H3/t10?,11-/m1/s1. The number of piperazine rings is 1. The fourth-order valence-corrected chi connectivity index (χ4v) is 2.55. The van der Waals surface area contributed by atoms with E-state index < -0.39 is 6.17 Å². The van der Waals surface area contributed by atoms with Crippen LogP contribution in [0.1, 0.15) is 34.6 Å². The lowest BCUT2D eigenvalue weighted by Crippen LogP contribution is -2.58. The molecule has 0 aromatic heterocycles. The number of alkyl halides is 1. The Morgan fingerprint density at radius 1 is 1.33 bits per heavy atom. The molecule has 1 saturated heterocycles. The third kappa shape index (κ3) is 3.72. The monoisotopic (exact) mass is 216 g/mol. The summed E-state index contributed by atoms with van der Waals surface area (Å²) in [5.74, 6) is 0. The van der Waals surface area contributed by atoms with Gasteiger partial charge in [0.05, 0.1) is 0 Å². The highest BCUT2D eigenvalue weighted by Gasteiger charge is 2.31. The van der Waals surface area contributed by atoms with Crippen molar-refractivity contribution in [3.05, 3.63) is 0 Å². The second-order valence-corrected chi connectivity index (χ2v) is 5.75. The van der Waals surface area contributed by atoms with Crippen LogP contribution in [0.15, 0.2) is 0 Å². The topological polar surface area (TPSA) is 6.48 Å². The van der Waals surface area contributed by atoms with Crippen LogP contribution < -0.4 is 0 Å². The second kappa shape index (κ2) is 4.79. The van der Waals surface area contributed by atoms with Crippen LogP contribution in [0.3, 0.4) is 0 Å². The van der Waals surface area contributed by atoms with Crippen molar-refractivity contribution < 1.29 is 4.39 Å². The van der Waals surface area contributed by atoms with Gasteiger partial charge in [0, 0.05) is 37.8 Å². The molecule has 0 aromatic carbocycles. The third-order valence-electron chi connectivity index (χ3n) is 3.08. The van der Waals surface area contributed by atoms with Crippen LogP contribution in [-0.4, -0.2) is 53.7 Å². The van der Waals surface area contributed by atoms with Gasteiger partial charge in [-0.1, -0.05) is 0 Å². The molecule has 1 fully saturated rings. The van der Waals surface area contributed by atoms with Crippen molar-refractivity contribution in [3.63, 3.8) is 0 Å². The minimum absolute atomic E-state index is 0.229. The van der Waals surface area contributed by atoms with Crippen LogP contribution in [0.4, 0.5) is 4.39 Å². The Balaban J connectivity index is 2.48. The summed E-state index contributed by atoms with van der Waals surface area (Å²) in [5, 5.41) is 0. The molecule has 1 unspecified atom stereocenters. The van der Waals surface area contributed by atoms with E-state index in [0.29, 0.717) is 12.6 Å². The van der Waals surface area contributed by atoms with Gasteiger partial charge in [-0.05, 0) is 34.6 Å². The fourth-order valence-electron chi connectivity index (χ4n) is 2.55.